The van der Waals surface area contributed by atoms with Gasteiger partial charge in [0.1, 0.15) is 5.75 Å². The second-order valence-electron chi connectivity index (χ2n) is 4.99. The minimum Gasteiger partial charge on any atom is -0.496 e. The molecule has 1 aromatic carbocycles. The number of carbonyl (C=O) groups excluding carboxylic acids is 2. The number of esters is 1. The molecule has 1 aliphatic rings. The summed E-state index contributed by atoms with van der Waals surface area (Å²) in [5.74, 6) is -0.558. The molecule has 20 heavy (non-hydrogen) atoms. The molecule has 4 nitrogen and oxygen atoms in total. The molecule has 0 aromatic heterocycles. The van der Waals surface area contributed by atoms with Gasteiger partial charge in [0.25, 0.3) is 5.78 Å². The van der Waals surface area contributed by atoms with Crippen molar-refractivity contribution in [2.75, 3.05) is 13.7 Å². The van der Waals surface area contributed by atoms with Crippen molar-refractivity contribution in [2.45, 2.75) is 38.5 Å². The number of methoxy groups -OCH3 is 1. The number of ketones is 1. The zero-order chi connectivity index (χ0) is 14.5. The third-order valence-electron chi connectivity index (χ3n) is 3.76. The molecule has 0 spiro atoms. The van der Waals surface area contributed by atoms with Gasteiger partial charge < -0.3 is 9.47 Å². The van der Waals surface area contributed by atoms with E-state index in [2.05, 4.69) is 0 Å². The summed E-state index contributed by atoms with van der Waals surface area (Å²) in [5, 5.41) is 0. The molecule has 0 radical (unpaired) electrons. The summed E-state index contributed by atoms with van der Waals surface area (Å²) in [6.45, 7) is 1.87. The molecule has 0 saturated heterocycles. The Hall–Kier alpha value is -1.84. The SMILES string of the molecule is CCOC(=O)C(=O)c1cc(C2CCCC2)ccc1OC. The number of benzene rings is 1. The maximum absolute atomic E-state index is 12.1. The van der Waals surface area contributed by atoms with Gasteiger partial charge in [0.2, 0.25) is 0 Å². The van der Waals surface area contributed by atoms with Crippen LogP contribution in [0.3, 0.4) is 0 Å². The van der Waals surface area contributed by atoms with Crippen molar-refractivity contribution in [1.82, 2.24) is 0 Å². The zero-order valence-corrected chi connectivity index (χ0v) is 12.0. The molecule has 0 unspecified atom stereocenters. The number of ether oxygens (including phenoxy) is 2. The summed E-state index contributed by atoms with van der Waals surface area (Å²) >= 11 is 0. The molecule has 4 heteroatoms. The molecular weight excluding hydrogens is 256 g/mol. The topological polar surface area (TPSA) is 52.6 Å². The maximum atomic E-state index is 12.1. The Bertz CT molecular complexity index is 501. The van der Waals surface area contributed by atoms with Gasteiger partial charge >= 0.3 is 5.97 Å². The first-order valence-electron chi connectivity index (χ1n) is 7.06. The minimum absolute atomic E-state index is 0.190. The van der Waals surface area contributed by atoms with Crippen molar-refractivity contribution in [3.05, 3.63) is 29.3 Å². The molecule has 0 amide bonds. The van der Waals surface area contributed by atoms with E-state index in [1.807, 2.05) is 6.07 Å². The van der Waals surface area contributed by atoms with E-state index in [0.29, 0.717) is 17.2 Å². The first-order valence-corrected chi connectivity index (χ1v) is 7.06. The Labute approximate surface area is 119 Å². The number of carbonyl (C=O) groups is 2. The van der Waals surface area contributed by atoms with Crippen LogP contribution in [0.25, 0.3) is 0 Å². The van der Waals surface area contributed by atoms with Crippen LogP contribution in [0, 0.1) is 0 Å². The fourth-order valence-electron chi connectivity index (χ4n) is 2.72. The molecule has 0 atom stereocenters. The highest BCUT2D eigenvalue weighted by Gasteiger charge is 2.24. The van der Waals surface area contributed by atoms with Gasteiger partial charge in [-0.2, -0.15) is 0 Å². The lowest BCUT2D eigenvalue weighted by Gasteiger charge is -2.13. The van der Waals surface area contributed by atoms with Crippen LogP contribution in [0.2, 0.25) is 0 Å². The van der Waals surface area contributed by atoms with Gasteiger partial charge in [-0.15, -0.1) is 0 Å². The van der Waals surface area contributed by atoms with Gasteiger partial charge in [-0.25, -0.2) is 4.79 Å². The Morgan fingerprint density at radius 3 is 2.55 bits per heavy atom. The average Bonchev–Trinajstić information content (AvgIpc) is 3.00. The number of Topliss-reactive ketones (excluding diaryl/α,β-unsaturated/α-hetero) is 1. The average molecular weight is 276 g/mol. The fraction of sp³-hybridized carbons (Fsp3) is 0.500. The zero-order valence-electron chi connectivity index (χ0n) is 12.0. The Balaban J connectivity index is 2.31. The summed E-state index contributed by atoms with van der Waals surface area (Å²) in [6, 6.07) is 5.53. The molecule has 1 aliphatic carbocycles. The molecule has 0 aliphatic heterocycles. The second kappa shape index (κ2) is 6.55. The van der Waals surface area contributed by atoms with E-state index in [1.165, 1.54) is 20.0 Å². The van der Waals surface area contributed by atoms with Crippen LogP contribution in [0.15, 0.2) is 18.2 Å². The summed E-state index contributed by atoms with van der Waals surface area (Å²) in [4.78, 5) is 23.7. The van der Waals surface area contributed by atoms with E-state index < -0.39 is 11.8 Å². The standard InChI is InChI=1S/C16H20O4/c1-3-20-16(18)15(17)13-10-12(8-9-14(13)19-2)11-6-4-5-7-11/h8-11H,3-7H2,1-2H3. The predicted octanol–water partition coefficient (Wildman–Crippen LogP) is 3.10. The summed E-state index contributed by atoms with van der Waals surface area (Å²) in [5.41, 5.74) is 1.41. The van der Waals surface area contributed by atoms with Crippen molar-refractivity contribution in [1.29, 1.82) is 0 Å². The van der Waals surface area contributed by atoms with E-state index in [4.69, 9.17) is 9.47 Å². The minimum atomic E-state index is -0.825. The molecule has 108 valence electrons. The van der Waals surface area contributed by atoms with Crippen LogP contribution in [0.1, 0.15) is 54.4 Å². The molecule has 0 N–H and O–H groups in total. The van der Waals surface area contributed by atoms with Crippen LogP contribution >= 0.6 is 0 Å². The maximum Gasteiger partial charge on any atom is 0.379 e. The summed E-state index contributed by atoms with van der Waals surface area (Å²) in [7, 11) is 1.49. The van der Waals surface area contributed by atoms with Gasteiger partial charge in [0.15, 0.2) is 0 Å². The third kappa shape index (κ3) is 3.00. The van der Waals surface area contributed by atoms with Crippen molar-refractivity contribution in [2.24, 2.45) is 0 Å². The number of hydrogen-bond donors (Lipinski definition) is 0. The van der Waals surface area contributed by atoms with Crippen molar-refractivity contribution >= 4 is 11.8 Å². The molecular formula is C16H20O4. The van der Waals surface area contributed by atoms with Crippen LogP contribution in [0.5, 0.6) is 5.75 Å². The lowest BCUT2D eigenvalue weighted by Crippen LogP contribution is -2.18. The van der Waals surface area contributed by atoms with Crippen LogP contribution < -0.4 is 4.74 Å². The smallest absolute Gasteiger partial charge is 0.379 e. The van der Waals surface area contributed by atoms with E-state index in [-0.39, 0.29) is 6.61 Å². The molecule has 1 aromatic rings. The Morgan fingerprint density at radius 2 is 1.95 bits per heavy atom. The molecule has 0 heterocycles. The third-order valence-corrected chi connectivity index (χ3v) is 3.76. The normalized spacial score (nSPS) is 15.1. The largest absolute Gasteiger partial charge is 0.496 e. The summed E-state index contributed by atoms with van der Waals surface area (Å²) in [6.07, 6.45) is 4.72. The highest BCUT2D eigenvalue weighted by atomic mass is 16.5. The number of rotatable bonds is 5. The lowest BCUT2D eigenvalue weighted by molar-refractivity contribution is -0.137. The van der Waals surface area contributed by atoms with Gasteiger partial charge in [-0.1, -0.05) is 18.9 Å². The quantitative estimate of drug-likeness (QED) is 0.471. The highest BCUT2D eigenvalue weighted by molar-refractivity contribution is 6.41. The molecule has 2 rings (SSSR count). The van der Waals surface area contributed by atoms with Gasteiger partial charge in [0.05, 0.1) is 19.3 Å². The van der Waals surface area contributed by atoms with Crippen molar-refractivity contribution in [3.8, 4) is 5.75 Å². The molecule has 1 saturated carbocycles. The summed E-state index contributed by atoms with van der Waals surface area (Å²) < 4.78 is 9.96. The van der Waals surface area contributed by atoms with E-state index in [9.17, 15) is 9.59 Å². The van der Waals surface area contributed by atoms with Crippen molar-refractivity contribution < 1.29 is 19.1 Å². The Morgan fingerprint density at radius 1 is 1.25 bits per heavy atom. The lowest BCUT2D eigenvalue weighted by atomic mass is 9.94. The van der Waals surface area contributed by atoms with Crippen molar-refractivity contribution in [3.63, 3.8) is 0 Å². The van der Waals surface area contributed by atoms with Crippen LogP contribution in [0.4, 0.5) is 0 Å². The highest BCUT2D eigenvalue weighted by Crippen LogP contribution is 2.36. The van der Waals surface area contributed by atoms with Gasteiger partial charge in [0, 0.05) is 0 Å². The van der Waals surface area contributed by atoms with Gasteiger partial charge in [-0.05, 0) is 43.4 Å². The van der Waals surface area contributed by atoms with Crippen LogP contribution in [-0.2, 0) is 9.53 Å². The first kappa shape index (κ1) is 14.6. The second-order valence-corrected chi connectivity index (χ2v) is 4.99. The Kier molecular flexibility index (Phi) is 4.77. The number of hydrogen-bond acceptors (Lipinski definition) is 4. The molecule has 0 bridgehead atoms. The molecule has 1 fully saturated rings. The predicted molar refractivity (Wildman–Crippen MR) is 75.2 cm³/mol. The van der Waals surface area contributed by atoms with E-state index >= 15 is 0 Å². The fourth-order valence-corrected chi connectivity index (χ4v) is 2.72. The van der Waals surface area contributed by atoms with E-state index in [0.717, 1.165) is 18.4 Å². The van der Waals surface area contributed by atoms with E-state index in [1.54, 1.807) is 19.1 Å². The first-order chi connectivity index (χ1) is 9.67. The monoisotopic (exact) mass is 276 g/mol. The van der Waals surface area contributed by atoms with Gasteiger partial charge in [-0.3, -0.25) is 4.79 Å². The van der Waals surface area contributed by atoms with Crippen LogP contribution in [-0.4, -0.2) is 25.5 Å².